The summed E-state index contributed by atoms with van der Waals surface area (Å²) in [5.41, 5.74) is 0.289. The third kappa shape index (κ3) is 3.82. The number of nitro groups is 1. The number of amides is 1. The van der Waals surface area contributed by atoms with Crippen molar-refractivity contribution in [2.75, 3.05) is 19.6 Å². The minimum Gasteiger partial charge on any atom is -0.336 e. The minimum atomic E-state index is -0.526. The third-order valence-corrected chi connectivity index (χ3v) is 4.75. The summed E-state index contributed by atoms with van der Waals surface area (Å²) in [6, 6.07) is 4.12. The molecule has 1 aromatic carbocycles. The van der Waals surface area contributed by atoms with Crippen molar-refractivity contribution in [2.24, 2.45) is 7.05 Å². The lowest BCUT2D eigenvalue weighted by Gasteiger charge is -2.35. The zero-order chi connectivity index (χ0) is 19.7. The number of halogens is 1. The summed E-state index contributed by atoms with van der Waals surface area (Å²) in [4.78, 5) is 34.1. The maximum atomic E-state index is 13.2. The summed E-state index contributed by atoms with van der Waals surface area (Å²) in [6.07, 6.45) is 6.17. The molecule has 1 saturated heterocycles. The fraction of sp³-hybridized carbons (Fsp3) is 0.294. The number of piperazine rings is 1. The molecule has 1 unspecified atom stereocenters. The number of hydrogen-bond acceptors (Lipinski definition) is 7. The molecule has 11 nitrogen and oxygen atoms in total. The Kier molecular flexibility index (Phi) is 5.89. The van der Waals surface area contributed by atoms with Gasteiger partial charge in [-0.15, -0.1) is 12.4 Å². The van der Waals surface area contributed by atoms with Gasteiger partial charge in [-0.1, -0.05) is 0 Å². The van der Waals surface area contributed by atoms with Crippen LogP contribution >= 0.6 is 12.4 Å². The molecule has 1 N–H and O–H groups in total. The molecule has 29 heavy (non-hydrogen) atoms. The lowest BCUT2D eigenvalue weighted by atomic mass is 10.1. The van der Waals surface area contributed by atoms with Crippen molar-refractivity contribution in [3.05, 3.63) is 64.7 Å². The van der Waals surface area contributed by atoms with E-state index in [0.717, 1.165) is 5.82 Å². The van der Waals surface area contributed by atoms with E-state index in [1.807, 2.05) is 17.8 Å². The second kappa shape index (κ2) is 8.37. The van der Waals surface area contributed by atoms with Gasteiger partial charge in [0.2, 0.25) is 0 Å². The number of benzene rings is 1. The molecule has 1 amide bonds. The zero-order valence-corrected chi connectivity index (χ0v) is 16.3. The van der Waals surface area contributed by atoms with Crippen LogP contribution in [0.2, 0.25) is 0 Å². The Balaban J connectivity index is 0.00000240. The number of aryl methyl sites for hydroxylation is 1. The lowest BCUT2D eigenvalue weighted by Crippen LogP contribution is -2.49. The molecule has 1 aliphatic heterocycles. The first-order valence-corrected chi connectivity index (χ1v) is 8.68. The third-order valence-electron chi connectivity index (χ3n) is 4.75. The molecule has 0 saturated carbocycles. The molecular formula is C17H19ClN8O3. The molecular weight excluding hydrogens is 400 g/mol. The van der Waals surface area contributed by atoms with Crippen LogP contribution < -0.4 is 5.32 Å². The first-order chi connectivity index (χ1) is 13.6. The van der Waals surface area contributed by atoms with Gasteiger partial charge < -0.3 is 14.8 Å². The van der Waals surface area contributed by atoms with Gasteiger partial charge in [-0.2, -0.15) is 5.10 Å². The number of carbonyl (C=O) groups is 1. The van der Waals surface area contributed by atoms with E-state index in [1.165, 1.54) is 29.5 Å². The van der Waals surface area contributed by atoms with Crippen LogP contribution in [0.25, 0.3) is 5.69 Å². The Hall–Kier alpha value is -3.31. The van der Waals surface area contributed by atoms with E-state index < -0.39 is 4.92 Å². The van der Waals surface area contributed by atoms with Gasteiger partial charge in [0.05, 0.1) is 4.92 Å². The maximum absolute atomic E-state index is 13.2. The highest BCUT2D eigenvalue weighted by Crippen LogP contribution is 2.27. The topological polar surface area (TPSA) is 124 Å². The highest BCUT2D eigenvalue weighted by Gasteiger charge is 2.32. The van der Waals surface area contributed by atoms with Crippen LogP contribution in [0.15, 0.2) is 43.2 Å². The normalized spacial score (nSPS) is 16.3. The van der Waals surface area contributed by atoms with Crippen LogP contribution in [0, 0.1) is 10.1 Å². The molecule has 3 aromatic rings. The fourth-order valence-corrected chi connectivity index (χ4v) is 3.37. The quantitative estimate of drug-likeness (QED) is 0.497. The minimum absolute atomic E-state index is 0. The monoisotopic (exact) mass is 418 g/mol. The van der Waals surface area contributed by atoms with Crippen LogP contribution in [0.1, 0.15) is 22.2 Å². The molecule has 1 aliphatic rings. The molecule has 1 atom stereocenters. The lowest BCUT2D eigenvalue weighted by molar-refractivity contribution is -0.384. The average molecular weight is 419 g/mol. The predicted octanol–water partition coefficient (Wildman–Crippen LogP) is 1.12. The number of carbonyl (C=O) groups excluding carboxylic acids is 1. The number of nitrogens with one attached hydrogen (secondary N) is 1. The summed E-state index contributed by atoms with van der Waals surface area (Å²) in [7, 11) is 1.87. The van der Waals surface area contributed by atoms with E-state index in [0.29, 0.717) is 19.6 Å². The van der Waals surface area contributed by atoms with Crippen molar-refractivity contribution in [3.8, 4) is 5.69 Å². The average Bonchev–Trinajstić information content (AvgIpc) is 3.38. The highest BCUT2D eigenvalue weighted by atomic mass is 35.5. The highest BCUT2D eigenvalue weighted by molar-refractivity contribution is 5.95. The van der Waals surface area contributed by atoms with Gasteiger partial charge in [-0.25, -0.2) is 14.6 Å². The van der Waals surface area contributed by atoms with Crippen LogP contribution in [-0.2, 0) is 7.05 Å². The fourth-order valence-electron chi connectivity index (χ4n) is 3.37. The molecule has 0 aliphatic carbocycles. The van der Waals surface area contributed by atoms with Crippen molar-refractivity contribution >= 4 is 24.0 Å². The van der Waals surface area contributed by atoms with Crippen LogP contribution in [-0.4, -0.2) is 59.7 Å². The van der Waals surface area contributed by atoms with Crippen molar-refractivity contribution in [3.63, 3.8) is 0 Å². The van der Waals surface area contributed by atoms with Gasteiger partial charge in [-0.3, -0.25) is 14.9 Å². The van der Waals surface area contributed by atoms with Gasteiger partial charge in [0.25, 0.3) is 11.6 Å². The smallest absolute Gasteiger partial charge is 0.295 e. The molecule has 4 rings (SSSR count). The van der Waals surface area contributed by atoms with Crippen molar-refractivity contribution in [2.45, 2.75) is 6.04 Å². The first-order valence-electron chi connectivity index (χ1n) is 8.68. The number of imidazole rings is 1. The maximum Gasteiger partial charge on any atom is 0.295 e. The Morgan fingerprint density at radius 1 is 1.38 bits per heavy atom. The molecule has 0 spiro atoms. The molecule has 152 valence electrons. The van der Waals surface area contributed by atoms with Gasteiger partial charge in [0, 0.05) is 50.7 Å². The van der Waals surface area contributed by atoms with E-state index in [4.69, 9.17) is 0 Å². The summed E-state index contributed by atoms with van der Waals surface area (Å²) in [5, 5.41) is 18.8. The Morgan fingerprint density at radius 3 is 2.86 bits per heavy atom. The molecule has 0 radical (unpaired) electrons. The van der Waals surface area contributed by atoms with E-state index in [-0.39, 0.29) is 41.3 Å². The molecule has 12 heteroatoms. The number of rotatable bonds is 4. The van der Waals surface area contributed by atoms with Gasteiger partial charge in [0.15, 0.2) is 0 Å². The SMILES string of the molecule is Cl.Cn1ccnc1C1CNCCN1C(=O)c1ccc(-n2cncn2)c([N+](=O)[O-])c1. The van der Waals surface area contributed by atoms with Crippen molar-refractivity contribution in [1.82, 2.24) is 34.5 Å². The molecule has 0 bridgehead atoms. The molecule has 2 aromatic heterocycles. The second-order valence-electron chi connectivity index (χ2n) is 6.42. The van der Waals surface area contributed by atoms with E-state index in [2.05, 4.69) is 20.4 Å². The van der Waals surface area contributed by atoms with Gasteiger partial charge in [0.1, 0.15) is 30.2 Å². The Labute approximate surface area is 171 Å². The summed E-state index contributed by atoms with van der Waals surface area (Å²) >= 11 is 0. The van der Waals surface area contributed by atoms with Crippen LogP contribution in [0.5, 0.6) is 0 Å². The van der Waals surface area contributed by atoms with Crippen LogP contribution in [0.3, 0.4) is 0 Å². The van der Waals surface area contributed by atoms with Crippen molar-refractivity contribution < 1.29 is 9.72 Å². The standard InChI is InChI=1S/C17H18N8O3.ClH/c1-22-6-5-20-16(22)15-9-18-4-7-23(15)17(26)12-2-3-13(14(8-12)25(27)28)24-11-19-10-21-24;/h2-3,5-6,8,10-11,15,18H,4,7,9H2,1H3;1H. The number of aromatic nitrogens is 5. The first kappa shape index (κ1) is 20.4. The van der Waals surface area contributed by atoms with Crippen molar-refractivity contribution in [1.29, 1.82) is 0 Å². The van der Waals surface area contributed by atoms with Gasteiger partial charge in [-0.05, 0) is 12.1 Å². The van der Waals surface area contributed by atoms with E-state index in [9.17, 15) is 14.9 Å². The zero-order valence-electron chi connectivity index (χ0n) is 15.5. The number of nitro benzene ring substituents is 1. The second-order valence-corrected chi connectivity index (χ2v) is 6.42. The summed E-state index contributed by atoms with van der Waals surface area (Å²) < 4.78 is 3.17. The molecule has 1 fully saturated rings. The molecule has 3 heterocycles. The van der Waals surface area contributed by atoms with E-state index >= 15 is 0 Å². The number of nitrogens with zero attached hydrogens (tertiary/aromatic N) is 7. The Morgan fingerprint density at radius 2 is 2.21 bits per heavy atom. The summed E-state index contributed by atoms with van der Waals surface area (Å²) in [6.45, 7) is 1.69. The Bertz CT molecular complexity index is 1020. The van der Waals surface area contributed by atoms with Crippen LogP contribution in [0.4, 0.5) is 5.69 Å². The number of hydrogen-bond donors (Lipinski definition) is 1. The summed E-state index contributed by atoms with van der Waals surface area (Å²) in [5.74, 6) is 0.483. The van der Waals surface area contributed by atoms with E-state index in [1.54, 1.807) is 17.2 Å². The van der Waals surface area contributed by atoms with Gasteiger partial charge >= 0.3 is 0 Å². The predicted molar refractivity (Wildman–Crippen MR) is 105 cm³/mol. The largest absolute Gasteiger partial charge is 0.336 e.